The molecule has 0 unspecified atom stereocenters. The van der Waals surface area contributed by atoms with E-state index in [9.17, 15) is 8.42 Å². The number of fused-ring (bicyclic) bond motifs is 2. The van der Waals surface area contributed by atoms with Gasteiger partial charge in [0.2, 0.25) is 10.0 Å². The second-order valence-corrected chi connectivity index (χ2v) is 13.8. The van der Waals surface area contributed by atoms with Gasteiger partial charge >= 0.3 is 0 Å². The summed E-state index contributed by atoms with van der Waals surface area (Å²) in [6, 6.07) is 7.59. The molecule has 212 valence electrons. The number of rotatable bonds is 4. The molecular formula is C29H37N7O3S. The van der Waals surface area contributed by atoms with E-state index < -0.39 is 10.0 Å². The number of aromatic nitrogens is 3. The highest BCUT2D eigenvalue weighted by Crippen LogP contribution is 2.39. The lowest BCUT2D eigenvalue weighted by Gasteiger charge is -2.33. The first-order chi connectivity index (χ1) is 19.1. The topological polar surface area (TPSA) is 141 Å². The fourth-order valence-electron chi connectivity index (χ4n) is 5.96. The van der Waals surface area contributed by atoms with Crippen molar-refractivity contribution >= 4 is 21.7 Å². The molecular weight excluding hydrogens is 526 g/mol. The molecule has 0 bridgehead atoms. The maximum absolute atomic E-state index is 13.5. The Kier molecular flexibility index (Phi) is 6.92. The van der Waals surface area contributed by atoms with E-state index in [2.05, 4.69) is 34.8 Å². The van der Waals surface area contributed by atoms with Crippen LogP contribution in [0.3, 0.4) is 0 Å². The van der Waals surface area contributed by atoms with E-state index in [1.165, 1.54) is 9.87 Å². The summed E-state index contributed by atoms with van der Waals surface area (Å²) in [5, 5.41) is 0. The minimum atomic E-state index is -3.79. The standard InChI is InChI=1S/C29H37N7O3S/c1-29(2)8-5-24-23(15-29)28(34-18-33-24)35-11-12-39-25-4-3-19(13-21(25)17-35)20-14-26(27(31)32-16-20)40(37,38)36-9-6-22(30)7-10-36/h3-4,13-14,16,18,22H,5-12,15,17,30H2,1-2H3,(H2,31,32). The number of anilines is 2. The first-order valence-corrected chi connectivity index (χ1v) is 15.4. The highest BCUT2D eigenvalue weighted by Gasteiger charge is 2.32. The van der Waals surface area contributed by atoms with Gasteiger partial charge in [0.15, 0.2) is 0 Å². The Bertz CT molecular complexity index is 1530. The number of pyridine rings is 1. The van der Waals surface area contributed by atoms with Crippen LogP contribution in [-0.2, 0) is 29.4 Å². The zero-order valence-corrected chi connectivity index (χ0v) is 24.0. The fraction of sp³-hybridized carbons (Fsp3) is 0.483. The number of nitrogens with two attached hydrogens (primary N) is 2. The lowest BCUT2D eigenvalue weighted by Crippen LogP contribution is -2.43. The van der Waals surface area contributed by atoms with Gasteiger partial charge < -0.3 is 21.1 Å². The van der Waals surface area contributed by atoms with Gasteiger partial charge in [0.25, 0.3) is 0 Å². The number of ether oxygens (including phenoxy) is 1. The molecule has 2 aliphatic heterocycles. The maximum atomic E-state index is 13.5. The monoisotopic (exact) mass is 563 g/mol. The summed E-state index contributed by atoms with van der Waals surface area (Å²) in [6.07, 6.45) is 7.57. The average molecular weight is 564 g/mol. The van der Waals surface area contributed by atoms with Crippen LogP contribution in [0.2, 0.25) is 0 Å². The van der Waals surface area contributed by atoms with Gasteiger partial charge in [-0.25, -0.2) is 23.4 Å². The van der Waals surface area contributed by atoms with Crippen LogP contribution in [0.4, 0.5) is 11.6 Å². The third-order valence-corrected chi connectivity index (χ3v) is 10.3. The van der Waals surface area contributed by atoms with Crippen LogP contribution in [0.25, 0.3) is 11.1 Å². The molecule has 1 aromatic carbocycles. The smallest absolute Gasteiger partial charge is 0.246 e. The van der Waals surface area contributed by atoms with Crippen molar-refractivity contribution in [1.29, 1.82) is 0 Å². The van der Waals surface area contributed by atoms with E-state index >= 15 is 0 Å². The zero-order valence-electron chi connectivity index (χ0n) is 23.1. The summed E-state index contributed by atoms with van der Waals surface area (Å²) in [6.45, 7) is 7.23. The molecule has 1 saturated heterocycles. The van der Waals surface area contributed by atoms with E-state index in [1.54, 1.807) is 18.6 Å². The minimum Gasteiger partial charge on any atom is -0.491 e. The summed E-state index contributed by atoms with van der Waals surface area (Å²) < 4.78 is 34.5. The zero-order chi connectivity index (χ0) is 28.1. The van der Waals surface area contributed by atoms with Gasteiger partial charge in [-0.15, -0.1) is 0 Å². The molecule has 3 aliphatic rings. The highest BCUT2D eigenvalue weighted by molar-refractivity contribution is 7.89. The van der Waals surface area contributed by atoms with E-state index in [4.69, 9.17) is 21.2 Å². The number of piperidine rings is 1. The second-order valence-electron chi connectivity index (χ2n) is 11.9. The predicted molar refractivity (Wildman–Crippen MR) is 154 cm³/mol. The van der Waals surface area contributed by atoms with Crippen molar-refractivity contribution in [1.82, 2.24) is 19.3 Å². The van der Waals surface area contributed by atoms with Crippen molar-refractivity contribution in [2.45, 2.75) is 63.4 Å². The van der Waals surface area contributed by atoms with E-state index in [-0.39, 0.29) is 22.2 Å². The Morgan fingerprint density at radius 2 is 1.85 bits per heavy atom. The van der Waals surface area contributed by atoms with Crippen molar-refractivity contribution in [3.05, 3.63) is 53.6 Å². The van der Waals surface area contributed by atoms with Crippen LogP contribution >= 0.6 is 0 Å². The van der Waals surface area contributed by atoms with Crippen LogP contribution in [0.15, 0.2) is 41.7 Å². The molecule has 0 spiro atoms. The van der Waals surface area contributed by atoms with Crippen molar-refractivity contribution in [3.8, 4) is 16.9 Å². The summed E-state index contributed by atoms with van der Waals surface area (Å²) >= 11 is 0. The summed E-state index contributed by atoms with van der Waals surface area (Å²) in [5.41, 5.74) is 17.2. The van der Waals surface area contributed by atoms with Crippen LogP contribution in [0.5, 0.6) is 5.75 Å². The highest BCUT2D eigenvalue weighted by atomic mass is 32.2. The summed E-state index contributed by atoms with van der Waals surface area (Å²) in [7, 11) is -3.79. The minimum absolute atomic E-state index is 0.000602. The van der Waals surface area contributed by atoms with Gasteiger partial charge in [0.1, 0.15) is 35.2 Å². The van der Waals surface area contributed by atoms with Crippen LogP contribution in [-0.4, -0.2) is 60.0 Å². The predicted octanol–water partition coefficient (Wildman–Crippen LogP) is 3.15. The molecule has 0 amide bonds. The third kappa shape index (κ3) is 5.13. The first kappa shape index (κ1) is 26.9. The van der Waals surface area contributed by atoms with Crippen molar-refractivity contribution in [2.24, 2.45) is 11.1 Å². The van der Waals surface area contributed by atoms with Gasteiger partial charge in [-0.2, -0.15) is 4.31 Å². The first-order valence-electron chi connectivity index (χ1n) is 14.0. The van der Waals surface area contributed by atoms with E-state index in [0.717, 1.165) is 47.7 Å². The molecule has 0 atom stereocenters. The van der Waals surface area contributed by atoms with Gasteiger partial charge in [0.05, 0.1) is 6.54 Å². The molecule has 4 N–H and O–H groups in total. The summed E-state index contributed by atoms with van der Waals surface area (Å²) in [5.74, 6) is 1.79. The number of benzene rings is 1. The Morgan fingerprint density at radius 1 is 1.05 bits per heavy atom. The average Bonchev–Trinajstić information content (AvgIpc) is 3.14. The van der Waals surface area contributed by atoms with Gasteiger partial charge in [-0.3, -0.25) is 0 Å². The van der Waals surface area contributed by atoms with Crippen molar-refractivity contribution < 1.29 is 13.2 Å². The normalized spacial score (nSPS) is 19.8. The van der Waals surface area contributed by atoms with Gasteiger partial charge in [-0.05, 0) is 61.3 Å². The molecule has 3 aromatic rings. The van der Waals surface area contributed by atoms with Crippen molar-refractivity contribution in [2.75, 3.05) is 36.9 Å². The number of nitrogen functional groups attached to an aromatic ring is 1. The molecule has 0 radical (unpaired) electrons. The molecule has 4 heterocycles. The quantitative estimate of drug-likeness (QED) is 0.490. The molecule has 11 heteroatoms. The molecule has 1 fully saturated rings. The molecule has 2 aromatic heterocycles. The Labute approximate surface area is 235 Å². The van der Waals surface area contributed by atoms with Crippen LogP contribution in [0, 0.1) is 5.41 Å². The number of aryl methyl sites for hydroxylation is 1. The molecule has 6 rings (SSSR count). The Morgan fingerprint density at radius 3 is 2.65 bits per heavy atom. The second kappa shape index (κ2) is 10.3. The lowest BCUT2D eigenvalue weighted by molar-refractivity contribution is 0.310. The Hall–Kier alpha value is -3.28. The van der Waals surface area contributed by atoms with E-state index in [1.807, 2.05) is 12.1 Å². The third-order valence-electron chi connectivity index (χ3n) is 8.38. The molecule has 40 heavy (non-hydrogen) atoms. The lowest BCUT2D eigenvalue weighted by atomic mass is 9.76. The van der Waals surface area contributed by atoms with Crippen LogP contribution in [0.1, 0.15) is 49.9 Å². The van der Waals surface area contributed by atoms with Gasteiger partial charge in [0, 0.05) is 54.3 Å². The Balaban J connectivity index is 1.32. The maximum Gasteiger partial charge on any atom is 0.246 e. The summed E-state index contributed by atoms with van der Waals surface area (Å²) in [4.78, 5) is 15.9. The van der Waals surface area contributed by atoms with Crippen LogP contribution < -0.4 is 21.1 Å². The SMILES string of the molecule is CC1(C)CCc2ncnc(N3CCOc4ccc(-c5cnc(N)c(S(=O)(=O)N6CCC(N)CC6)c5)cc4C3)c2C1. The largest absolute Gasteiger partial charge is 0.491 e. The fourth-order valence-corrected chi connectivity index (χ4v) is 7.52. The van der Waals surface area contributed by atoms with Gasteiger partial charge in [-0.1, -0.05) is 19.9 Å². The number of hydrogen-bond acceptors (Lipinski definition) is 9. The van der Waals surface area contributed by atoms with Crippen molar-refractivity contribution in [3.63, 3.8) is 0 Å². The molecule has 10 nitrogen and oxygen atoms in total. The van der Waals surface area contributed by atoms with E-state index in [0.29, 0.717) is 51.2 Å². The number of sulfonamides is 1. The number of hydrogen-bond donors (Lipinski definition) is 2. The molecule has 0 saturated carbocycles. The number of nitrogens with zero attached hydrogens (tertiary/aromatic N) is 5. The molecule has 1 aliphatic carbocycles.